The number of amides is 2. The molecule has 2 amide bonds. The second-order valence-electron chi connectivity index (χ2n) is 7.28. The van der Waals surface area contributed by atoms with E-state index in [1.807, 2.05) is 35.2 Å². The number of benzene rings is 1. The van der Waals surface area contributed by atoms with Gasteiger partial charge in [-0.15, -0.1) is 0 Å². The number of carbonyl (C=O) groups excluding carboxylic acids is 4. The van der Waals surface area contributed by atoms with Crippen molar-refractivity contribution in [1.82, 2.24) is 10.6 Å². The summed E-state index contributed by atoms with van der Waals surface area (Å²) < 4.78 is 20.1. The van der Waals surface area contributed by atoms with E-state index in [-0.39, 0.29) is 50.7 Å². The van der Waals surface area contributed by atoms with Gasteiger partial charge >= 0.3 is 24.1 Å². The number of rotatable bonds is 15. The number of alkyl carbamates (subject to hydrolysis) is 2. The molecule has 0 aliphatic heterocycles. The van der Waals surface area contributed by atoms with Gasteiger partial charge in [0.15, 0.2) is 0 Å². The number of nitrogens with zero attached hydrogens (tertiary/aromatic N) is 1. The molecule has 0 saturated heterocycles. The van der Waals surface area contributed by atoms with Crippen LogP contribution in [0.4, 0.5) is 15.3 Å². The molecule has 0 atom stereocenters. The Labute approximate surface area is 205 Å². The summed E-state index contributed by atoms with van der Waals surface area (Å²) in [5.74, 6) is -1.05. The molecule has 1 aromatic carbocycles. The van der Waals surface area contributed by atoms with Crippen LogP contribution in [0.15, 0.2) is 54.6 Å². The van der Waals surface area contributed by atoms with Crippen molar-refractivity contribution in [2.75, 3.05) is 57.5 Å². The molecule has 1 aromatic rings. The van der Waals surface area contributed by atoms with E-state index in [4.69, 9.17) is 18.9 Å². The van der Waals surface area contributed by atoms with Gasteiger partial charge in [0.2, 0.25) is 0 Å². The third kappa shape index (κ3) is 13.3. The van der Waals surface area contributed by atoms with Gasteiger partial charge < -0.3 is 34.5 Å². The number of nitrogens with one attached hydrogen (secondary N) is 2. The predicted octanol–water partition coefficient (Wildman–Crippen LogP) is 2.18. The molecule has 11 nitrogen and oxygen atoms in total. The van der Waals surface area contributed by atoms with Crippen LogP contribution >= 0.6 is 0 Å². The average Bonchev–Trinajstić information content (AvgIpc) is 2.83. The molecule has 0 bridgehead atoms. The highest BCUT2D eigenvalue weighted by atomic mass is 16.6. The standard InChI is InChI=1S/C24H33N3O8/c1-18(2)21(28)32-14-10-25-23(30)34-16-12-27(20-8-6-5-7-9-20)13-17-35-24(31)26-11-15-33-22(29)19(3)4/h5-9H,1,3,10-17H2,2,4H3,(H,25,30)(H,26,31). The molecular weight excluding hydrogens is 458 g/mol. The lowest BCUT2D eigenvalue weighted by molar-refractivity contribution is -0.139. The van der Waals surface area contributed by atoms with Crippen LogP contribution in [-0.2, 0) is 28.5 Å². The Kier molecular flexibility index (Phi) is 13.7. The van der Waals surface area contributed by atoms with Crippen LogP contribution < -0.4 is 15.5 Å². The van der Waals surface area contributed by atoms with Gasteiger partial charge in [-0.1, -0.05) is 31.4 Å². The summed E-state index contributed by atoms with van der Waals surface area (Å²) in [4.78, 5) is 48.1. The zero-order chi connectivity index (χ0) is 26.1. The molecule has 2 N–H and O–H groups in total. The minimum Gasteiger partial charge on any atom is -0.460 e. The monoisotopic (exact) mass is 491 g/mol. The van der Waals surface area contributed by atoms with Crippen LogP contribution in [0.2, 0.25) is 0 Å². The molecule has 0 radical (unpaired) electrons. The number of hydrogen-bond acceptors (Lipinski definition) is 9. The fourth-order valence-corrected chi connectivity index (χ4v) is 2.45. The molecule has 1 rings (SSSR count). The van der Waals surface area contributed by atoms with Gasteiger partial charge in [0.25, 0.3) is 0 Å². The zero-order valence-corrected chi connectivity index (χ0v) is 20.2. The Morgan fingerprint density at radius 3 is 1.54 bits per heavy atom. The van der Waals surface area contributed by atoms with Crippen molar-refractivity contribution in [2.24, 2.45) is 0 Å². The number of anilines is 1. The maximum absolute atomic E-state index is 11.8. The SMILES string of the molecule is C=C(C)C(=O)OCCNC(=O)OCCN(CCOC(=O)NCCOC(=O)C(=C)C)c1ccccc1. The topological polar surface area (TPSA) is 132 Å². The van der Waals surface area contributed by atoms with Crippen LogP contribution in [0.5, 0.6) is 0 Å². The van der Waals surface area contributed by atoms with Crippen molar-refractivity contribution in [1.29, 1.82) is 0 Å². The Morgan fingerprint density at radius 1 is 0.714 bits per heavy atom. The lowest BCUT2D eigenvalue weighted by Crippen LogP contribution is -2.36. The van der Waals surface area contributed by atoms with E-state index in [0.717, 1.165) is 5.69 Å². The lowest BCUT2D eigenvalue weighted by Gasteiger charge is -2.24. The fraction of sp³-hybridized carbons (Fsp3) is 0.417. The van der Waals surface area contributed by atoms with Gasteiger partial charge in [0.1, 0.15) is 26.4 Å². The normalized spacial score (nSPS) is 9.89. The number of esters is 2. The van der Waals surface area contributed by atoms with E-state index in [2.05, 4.69) is 23.8 Å². The Balaban J connectivity index is 2.34. The highest BCUT2D eigenvalue weighted by molar-refractivity contribution is 5.87. The first-order valence-electron chi connectivity index (χ1n) is 11.0. The second kappa shape index (κ2) is 16.6. The van der Waals surface area contributed by atoms with Crippen molar-refractivity contribution in [3.63, 3.8) is 0 Å². The molecule has 0 aliphatic carbocycles. The first-order valence-corrected chi connectivity index (χ1v) is 11.0. The summed E-state index contributed by atoms with van der Waals surface area (Å²) in [6.07, 6.45) is -1.29. The quantitative estimate of drug-likeness (QED) is 0.164. The molecule has 0 aliphatic rings. The number of hydrogen-bond donors (Lipinski definition) is 2. The number of ether oxygens (including phenoxy) is 4. The molecular formula is C24H33N3O8. The summed E-state index contributed by atoms with van der Waals surface area (Å²) in [5.41, 5.74) is 1.41. The molecule has 192 valence electrons. The first-order chi connectivity index (χ1) is 16.7. The number of carbonyl (C=O) groups is 4. The molecule has 0 spiro atoms. The van der Waals surface area contributed by atoms with Crippen LogP contribution in [0.1, 0.15) is 13.8 Å². The summed E-state index contributed by atoms with van der Waals surface area (Å²) in [7, 11) is 0. The van der Waals surface area contributed by atoms with E-state index in [1.165, 1.54) is 13.8 Å². The summed E-state index contributed by atoms with van der Waals surface area (Å²) in [6, 6.07) is 9.36. The third-order valence-electron chi connectivity index (χ3n) is 4.22. The van der Waals surface area contributed by atoms with Crippen LogP contribution in [-0.4, -0.2) is 76.7 Å². The van der Waals surface area contributed by atoms with Gasteiger partial charge in [-0.25, -0.2) is 19.2 Å². The van der Waals surface area contributed by atoms with Crippen molar-refractivity contribution in [3.05, 3.63) is 54.6 Å². The zero-order valence-electron chi connectivity index (χ0n) is 20.2. The molecule has 0 heterocycles. The molecule has 0 aromatic heterocycles. The van der Waals surface area contributed by atoms with E-state index >= 15 is 0 Å². The largest absolute Gasteiger partial charge is 0.460 e. The molecule has 0 unspecified atom stereocenters. The predicted molar refractivity (Wildman–Crippen MR) is 129 cm³/mol. The highest BCUT2D eigenvalue weighted by Crippen LogP contribution is 2.12. The van der Waals surface area contributed by atoms with Crippen molar-refractivity contribution >= 4 is 29.8 Å². The van der Waals surface area contributed by atoms with E-state index in [1.54, 1.807) is 0 Å². The van der Waals surface area contributed by atoms with Crippen LogP contribution in [0.3, 0.4) is 0 Å². The minimum absolute atomic E-state index is 0.00661. The first kappa shape index (κ1) is 29.0. The Bertz CT molecular complexity index is 821. The maximum Gasteiger partial charge on any atom is 0.407 e. The molecule has 0 saturated carbocycles. The van der Waals surface area contributed by atoms with E-state index < -0.39 is 24.1 Å². The van der Waals surface area contributed by atoms with E-state index in [0.29, 0.717) is 13.1 Å². The fourth-order valence-electron chi connectivity index (χ4n) is 2.45. The summed E-state index contributed by atoms with van der Waals surface area (Å²) >= 11 is 0. The van der Waals surface area contributed by atoms with Gasteiger partial charge in [-0.3, -0.25) is 0 Å². The minimum atomic E-state index is -0.646. The van der Waals surface area contributed by atoms with Gasteiger partial charge in [0.05, 0.1) is 26.2 Å². The number of para-hydroxylation sites is 1. The van der Waals surface area contributed by atoms with Gasteiger partial charge in [0, 0.05) is 16.8 Å². The van der Waals surface area contributed by atoms with Crippen molar-refractivity contribution in [3.8, 4) is 0 Å². The Morgan fingerprint density at radius 2 is 1.14 bits per heavy atom. The van der Waals surface area contributed by atoms with Crippen molar-refractivity contribution < 1.29 is 38.1 Å². The van der Waals surface area contributed by atoms with E-state index in [9.17, 15) is 19.2 Å². The second-order valence-corrected chi connectivity index (χ2v) is 7.28. The maximum atomic E-state index is 11.8. The third-order valence-corrected chi connectivity index (χ3v) is 4.22. The van der Waals surface area contributed by atoms with Crippen LogP contribution in [0, 0.1) is 0 Å². The summed E-state index contributed by atoms with van der Waals surface area (Å²) in [5, 5.41) is 4.97. The smallest absolute Gasteiger partial charge is 0.407 e. The van der Waals surface area contributed by atoms with Gasteiger partial charge in [-0.05, 0) is 26.0 Å². The Hall–Kier alpha value is -4.02. The average molecular weight is 492 g/mol. The molecule has 0 fully saturated rings. The van der Waals surface area contributed by atoms with Gasteiger partial charge in [-0.2, -0.15) is 0 Å². The summed E-state index contributed by atoms with van der Waals surface area (Å²) in [6.45, 7) is 11.1. The lowest BCUT2D eigenvalue weighted by atomic mass is 10.3. The highest BCUT2D eigenvalue weighted by Gasteiger charge is 2.11. The molecule has 11 heteroatoms. The van der Waals surface area contributed by atoms with Crippen molar-refractivity contribution in [2.45, 2.75) is 13.8 Å². The van der Waals surface area contributed by atoms with Crippen LogP contribution in [0.25, 0.3) is 0 Å². The molecule has 35 heavy (non-hydrogen) atoms.